The molecule has 1 amide bonds. The lowest BCUT2D eigenvalue weighted by molar-refractivity contribution is -0.384. The Balaban J connectivity index is 1.59. The average Bonchev–Trinajstić information content (AvgIpc) is 2.74. The van der Waals surface area contributed by atoms with Crippen LogP contribution < -0.4 is 4.90 Å². The number of non-ortho nitro benzene ring substituents is 1. The van der Waals surface area contributed by atoms with Gasteiger partial charge in [0.2, 0.25) is 15.9 Å². The van der Waals surface area contributed by atoms with Crippen LogP contribution in [0.15, 0.2) is 59.5 Å². The van der Waals surface area contributed by atoms with Gasteiger partial charge in [-0.05, 0) is 24.3 Å². The number of benzene rings is 2. The molecule has 0 aliphatic carbocycles. The van der Waals surface area contributed by atoms with E-state index in [1.165, 1.54) is 28.6 Å². The number of anilines is 1. The Bertz CT molecular complexity index is 971. The Hall–Kier alpha value is -2.98. The zero-order valence-electron chi connectivity index (χ0n) is 16.0. The van der Waals surface area contributed by atoms with Gasteiger partial charge in [0, 0.05) is 51.0 Å². The summed E-state index contributed by atoms with van der Waals surface area (Å²) in [5, 5.41) is 10.7. The first kappa shape index (κ1) is 20.7. The molecule has 0 N–H and O–H groups in total. The van der Waals surface area contributed by atoms with Crippen LogP contribution in [-0.4, -0.2) is 68.2 Å². The SMILES string of the molecule is CN(CC(=O)N1CCN(S(=O)(=O)c2ccc([N+](=O)[O-])cc2)CC1)c1ccccc1. The second-order valence-corrected chi connectivity index (χ2v) is 8.67. The third kappa shape index (κ3) is 4.72. The number of carbonyl (C=O) groups excluding carboxylic acids is 1. The molecule has 10 heteroatoms. The van der Waals surface area contributed by atoms with Crippen LogP contribution in [0.5, 0.6) is 0 Å². The number of sulfonamides is 1. The van der Waals surface area contributed by atoms with Gasteiger partial charge in [0.15, 0.2) is 0 Å². The zero-order valence-corrected chi connectivity index (χ0v) is 16.8. The van der Waals surface area contributed by atoms with E-state index < -0.39 is 14.9 Å². The van der Waals surface area contributed by atoms with E-state index in [-0.39, 0.29) is 36.1 Å². The summed E-state index contributed by atoms with van der Waals surface area (Å²) in [7, 11) is -1.92. The van der Waals surface area contributed by atoms with Crippen molar-refractivity contribution in [1.29, 1.82) is 0 Å². The summed E-state index contributed by atoms with van der Waals surface area (Å²) in [5.41, 5.74) is 0.766. The van der Waals surface area contributed by atoms with Gasteiger partial charge in [-0.15, -0.1) is 0 Å². The van der Waals surface area contributed by atoms with Gasteiger partial charge in [-0.3, -0.25) is 14.9 Å². The van der Waals surface area contributed by atoms with Crippen LogP contribution in [0.25, 0.3) is 0 Å². The molecular weight excluding hydrogens is 396 g/mol. The fourth-order valence-corrected chi connectivity index (χ4v) is 4.57. The Morgan fingerprint density at radius 3 is 2.17 bits per heavy atom. The Morgan fingerprint density at radius 1 is 1.03 bits per heavy atom. The van der Waals surface area contributed by atoms with Crippen molar-refractivity contribution < 1.29 is 18.1 Å². The summed E-state index contributed by atoms with van der Waals surface area (Å²) >= 11 is 0. The van der Waals surface area contributed by atoms with Crippen molar-refractivity contribution in [3.8, 4) is 0 Å². The monoisotopic (exact) mass is 418 g/mol. The summed E-state index contributed by atoms with van der Waals surface area (Å²) in [6, 6.07) is 14.4. The van der Waals surface area contributed by atoms with Crippen LogP contribution in [0, 0.1) is 10.1 Å². The largest absolute Gasteiger partial charge is 0.365 e. The molecule has 29 heavy (non-hydrogen) atoms. The second-order valence-electron chi connectivity index (χ2n) is 6.73. The fourth-order valence-electron chi connectivity index (χ4n) is 3.14. The molecule has 3 rings (SSSR count). The standard InChI is InChI=1S/C19H22N4O5S/c1-20(16-5-3-2-4-6-16)15-19(24)21-11-13-22(14-12-21)29(27,28)18-9-7-17(8-10-18)23(25)26/h2-10H,11-15H2,1H3. The highest BCUT2D eigenvalue weighted by Crippen LogP contribution is 2.21. The van der Waals surface area contributed by atoms with Crippen molar-refractivity contribution in [2.45, 2.75) is 4.90 Å². The molecule has 0 bridgehead atoms. The topological polar surface area (TPSA) is 104 Å². The highest BCUT2D eigenvalue weighted by molar-refractivity contribution is 7.89. The van der Waals surface area contributed by atoms with Gasteiger partial charge >= 0.3 is 0 Å². The van der Waals surface area contributed by atoms with E-state index in [1.807, 2.05) is 42.3 Å². The van der Waals surface area contributed by atoms with E-state index >= 15 is 0 Å². The number of para-hydroxylation sites is 1. The van der Waals surface area contributed by atoms with E-state index in [4.69, 9.17) is 0 Å². The van der Waals surface area contributed by atoms with Crippen LogP contribution in [-0.2, 0) is 14.8 Å². The number of rotatable bonds is 6. The van der Waals surface area contributed by atoms with Crippen molar-refractivity contribution >= 4 is 27.3 Å². The highest BCUT2D eigenvalue weighted by atomic mass is 32.2. The number of nitro benzene ring substituents is 1. The minimum Gasteiger partial charge on any atom is -0.365 e. The Labute approximate surface area is 169 Å². The van der Waals surface area contributed by atoms with Crippen molar-refractivity contribution in [2.24, 2.45) is 0 Å². The normalized spacial score (nSPS) is 15.1. The zero-order chi connectivity index (χ0) is 21.0. The summed E-state index contributed by atoms with van der Waals surface area (Å²) < 4.78 is 26.8. The average molecular weight is 418 g/mol. The maximum Gasteiger partial charge on any atom is 0.269 e. The third-order valence-corrected chi connectivity index (χ3v) is 6.76. The Morgan fingerprint density at radius 2 is 1.62 bits per heavy atom. The maximum atomic E-state index is 12.8. The van der Waals surface area contributed by atoms with Gasteiger partial charge in [-0.25, -0.2) is 8.42 Å². The minimum absolute atomic E-state index is 0.00619. The third-order valence-electron chi connectivity index (χ3n) is 4.85. The van der Waals surface area contributed by atoms with Crippen molar-refractivity contribution in [3.63, 3.8) is 0 Å². The molecule has 0 unspecified atom stereocenters. The molecular formula is C19H22N4O5S. The molecule has 1 heterocycles. The number of nitro groups is 1. The molecule has 2 aromatic carbocycles. The van der Waals surface area contributed by atoms with Gasteiger partial charge in [-0.2, -0.15) is 4.31 Å². The van der Waals surface area contributed by atoms with Crippen LogP contribution in [0.3, 0.4) is 0 Å². The van der Waals surface area contributed by atoms with E-state index in [2.05, 4.69) is 0 Å². The Kier molecular flexibility index (Phi) is 6.14. The quantitative estimate of drug-likeness (QED) is 0.521. The predicted molar refractivity (Wildman–Crippen MR) is 108 cm³/mol. The molecule has 0 saturated carbocycles. The van der Waals surface area contributed by atoms with Crippen LogP contribution in [0.4, 0.5) is 11.4 Å². The van der Waals surface area contributed by atoms with E-state index in [9.17, 15) is 23.3 Å². The highest BCUT2D eigenvalue weighted by Gasteiger charge is 2.30. The maximum absolute atomic E-state index is 12.8. The number of hydrogen-bond acceptors (Lipinski definition) is 6. The number of piperazine rings is 1. The molecule has 0 aromatic heterocycles. The lowest BCUT2D eigenvalue weighted by atomic mass is 10.3. The van der Waals surface area contributed by atoms with Crippen LogP contribution in [0.2, 0.25) is 0 Å². The van der Waals surface area contributed by atoms with Gasteiger partial charge in [0.05, 0.1) is 16.4 Å². The predicted octanol–water partition coefficient (Wildman–Crippen LogP) is 1.56. The molecule has 1 aliphatic heterocycles. The molecule has 0 spiro atoms. The van der Waals surface area contributed by atoms with E-state index in [0.29, 0.717) is 13.1 Å². The lowest BCUT2D eigenvalue weighted by Crippen LogP contribution is -2.52. The molecule has 1 fully saturated rings. The second kappa shape index (κ2) is 8.58. The number of amides is 1. The van der Waals surface area contributed by atoms with Gasteiger partial charge < -0.3 is 9.80 Å². The number of nitrogens with zero attached hydrogens (tertiary/aromatic N) is 4. The molecule has 0 radical (unpaired) electrons. The number of likely N-dealkylation sites (N-methyl/N-ethyl adjacent to an activating group) is 1. The summed E-state index contributed by atoms with van der Waals surface area (Å²) in [4.78, 5) is 26.2. The van der Waals surface area contributed by atoms with Crippen molar-refractivity contribution in [1.82, 2.24) is 9.21 Å². The lowest BCUT2D eigenvalue weighted by Gasteiger charge is -2.35. The number of hydrogen-bond donors (Lipinski definition) is 0. The van der Waals surface area contributed by atoms with E-state index in [0.717, 1.165) is 5.69 Å². The molecule has 154 valence electrons. The minimum atomic E-state index is -3.76. The van der Waals surface area contributed by atoms with Gasteiger partial charge in [-0.1, -0.05) is 18.2 Å². The van der Waals surface area contributed by atoms with Gasteiger partial charge in [0.1, 0.15) is 0 Å². The first-order valence-electron chi connectivity index (χ1n) is 9.07. The molecule has 9 nitrogen and oxygen atoms in total. The number of carbonyl (C=O) groups is 1. The smallest absolute Gasteiger partial charge is 0.269 e. The van der Waals surface area contributed by atoms with Crippen LogP contribution >= 0.6 is 0 Å². The van der Waals surface area contributed by atoms with Gasteiger partial charge in [0.25, 0.3) is 5.69 Å². The van der Waals surface area contributed by atoms with Crippen molar-refractivity contribution in [3.05, 3.63) is 64.7 Å². The fraction of sp³-hybridized carbons (Fsp3) is 0.316. The first-order valence-corrected chi connectivity index (χ1v) is 10.5. The molecule has 1 aliphatic rings. The summed E-state index contributed by atoms with van der Waals surface area (Å²) in [6.45, 7) is 1.17. The summed E-state index contributed by atoms with van der Waals surface area (Å²) in [6.07, 6.45) is 0. The molecule has 2 aromatic rings. The summed E-state index contributed by atoms with van der Waals surface area (Å²) in [5.74, 6) is -0.0660. The molecule has 0 atom stereocenters. The molecule has 1 saturated heterocycles. The van der Waals surface area contributed by atoms with Crippen LogP contribution in [0.1, 0.15) is 0 Å². The van der Waals surface area contributed by atoms with Crippen molar-refractivity contribution in [2.75, 3.05) is 44.7 Å². The first-order chi connectivity index (χ1) is 13.8. The van der Waals surface area contributed by atoms with E-state index in [1.54, 1.807) is 4.90 Å².